The van der Waals surface area contributed by atoms with Crippen molar-refractivity contribution in [1.29, 1.82) is 0 Å². The van der Waals surface area contributed by atoms with Crippen LogP contribution in [-0.2, 0) is 27.4 Å². The van der Waals surface area contributed by atoms with E-state index in [-0.39, 0.29) is 38.0 Å². The van der Waals surface area contributed by atoms with Gasteiger partial charge in [-0.2, -0.15) is 0 Å². The zero-order valence-corrected chi connectivity index (χ0v) is 25.8. The van der Waals surface area contributed by atoms with Gasteiger partial charge in [-0.3, -0.25) is 14.6 Å². The Labute approximate surface area is 244 Å². The number of nitrogens with one attached hydrogen (secondary N) is 1. The topological polar surface area (TPSA) is 111 Å². The van der Waals surface area contributed by atoms with Crippen molar-refractivity contribution in [3.63, 3.8) is 0 Å². The highest BCUT2D eigenvalue weighted by Crippen LogP contribution is 2.28. The summed E-state index contributed by atoms with van der Waals surface area (Å²) >= 11 is 1.68. The van der Waals surface area contributed by atoms with Gasteiger partial charge in [-0.25, -0.2) is 9.80 Å². The van der Waals surface area contributed by atoms with E-state index in [2.05, 4.69) is 21.9 Å². The molecule has 1 aliphatic heterocycles. The molecule has 2 aromatic heterocycles. The minimum atomic E-state index is -0.637. The van der Waals surface area contributed by atoms with Crippen LogP contribution >= 0.6 is 11.3 Å². The number of carbonyl (C=O) groups excluding carboxylic acids is 3. The molecule has 1 N–H and O–H groups in total. The maximum atomic E-state index is 13.5. The van der Waals surface area contributed by atoms with Crippen molar-refractivity contribution in [2.45, 2.75) is 60.2 Å². The summed E-state index contributed by atoms with van der Waals surface area (Å²) in [4.78, 5) is 43.9. The van der Waals surface area contributed by atoms with Crippen molar-refractivity contribution < 1.29 is 23.6 Å². The van der Waals surface area contributed by atoms with Gasteiger partial charge >= 0.3 is 6.09 Å². The van der Waals surface area contributed by atoms with Crippen molar-refractivity contribution in [3.05, 3.63) is 45.3 Å². The number of likely N-dealkylation sites (N-methyl/N-ethyl adjacent to an activating group) is 2. The number of hydrogen-bond acceptors (Lipinski definition) is 9. The molecule has 0 bridgehead atoms. The van der Waals surface area contributed by atoms with E-state index >= 15 is 0 Å². The SMILES string of the molecule is CCN(CCN(CC(=O)N(C)N1Cc2ccsc2C1)C(=O)CNc1cc2c(C)noc2cc1C)C(=O)OC(C)(C)C. The van der Waals surface area contributed by atoms with Gasteiger partial charge in [-0.1, -0.05) is 5.16 Å². The summed E-state index contributed by atoms with van der Waals surface area (Å²) in [6.45, 7) is 13.1. The molecule has 0 radical (unpaired) electrons. The predicted molar refractivity (Wildman–Crippen MR) is 158 cm³/mol. The average molecular weight is 585 g/mol. The predicted octanol–water partition coefficient (Wildman–Crippen LogP) is 4.39. The Morgan fingerprint density at radius 2 is 1.85 bits per heavy atom. The Kier molecular flexibility index (Phi) is 9.23. The Bertz CT molecular complexity index is 1390. The molecular formula is C29H40N6O5S. The van der Waals surface area contributed by atoms with Crippen molar-refractivity contribution in [2.24, 2.45) is 0 Å². The van der Waals surface area contributed by atoms with Crippen LogP contribution in [0.5, 0.6) is 0 Å². The van der Waals surface area contributed by atoms with Gasteiger partial charge in [0, 0.05) is 49.2 Å². The summed E-state index contributed by atoms with van der Waals surface area (Å²) in [5, 5.41) is 13.7. The maximum Gasteiger partial charge on any atom is 0.410 e. The van der Waals surface area contributed by atoms with Crippen LogP contribution in [0.4, 0.5) is 10.5 Å². The van der Waals surface area contributed by atoms with E-state index in [4.69, 9.17) is 9.26 Å². The molecule has 0 spiro atoms. The summed E-state index contributed by atoms with van der Waals surface area (Å²) < 4.78 is 10.9. The number of anilines is 1. The monoisotopic (exact) mass is 584 g/mol. The fourth-order valence-corrected chi connectivity index (χ4v) is 5.52. The number of amides is 3. The first-order valence-electron chi connectivity index (χ1n) is 13.8. The summed E-state index contributed by atoms with van der Waals surface area (Å²) in [6, 6.07) is 5.88. The molecule has 3 heterocycles. The lowest BCUT2D eigenvalue weighted by Crippen LogP contribution is -2.50. The van der Waals surface area contributed by atoms with Gasteiger partial charge in [0.05, 0.1) is 18.8 Å². The van der Waals surface area contributed by atoms with E-state index in [0.29, 0.717) is 25.2 Å². The first-order chi connectivity index (χ1) is 19.4. The molecule has 222 valence electrons. The summed E-state index contributed by atoms with van der Waals surface area (Å²) in [5.74, 6) is -0.458. The first-order valence-corrected chi connectivity index (χ1v) is 14.7. The number of ether oxygens (including phenoxy) is 1. The second kappa shape index (κ2) is 12.5. The van der Waals surface area contributed by atoms with Crippen LogP contribution < -0.4 is 5.32 Å². The molecule has 11 nitrogen and oxygen atoms in total. The highest BCUT2D eigenvalue weighted by atomic mass is 32.1. The minimum Gasteiger partial charge on any atom is -0.444 e. The number of fused-ring (bicyclic) bond motifs is 2. The highest BCUT2D eigenvalue weighted by Gasteiger charge is 2.29. The van der Waals surface area contributed by atoms with Crippen molar-refractivity contribution in [2.75, 3.05) is 45.1 Å². The van der Waals surface area contributed by atoms with E-state index < -0.39 is 11.7 Å². The van der Waals surface area contributed by atoms with Crippen LogP contribution in [0.2, 0.25) is 0 Å². The Hall–Kier alpha value is -3.64. The first kappa shape index (κ1) is 30.3. The van der Waals surface area contributed by atoms with Crippen molar-refractivity contribution in [3.8, 4) is 0 Å². The molecule has 0 aliphatic carbocycles. The zero-order valence-electron chi connectivity index (χ0n) is 24.9. The van der Waals surface area contributed by atoms with Crippen molar-refractivity contribution >= 4 is 45.9 Å². The molecule has 12 heteroatoms. The fourth-order valence-electron chi connectivity index (χ4n) is 4.62. The number of hydrogen-bond donors (Lipinski definition) is 1. The van der Waals surface area contributed by atoms with Gasteiger partial charge < -0.3 is 24.4 Å². The van der Waals surface area contributed by atoms with Gasteiger partial charge in [0.1, 0.15) is 12.1 Å². The zero-order chi connectivity index (χ0) is 29.9. The van der Waals surface area contributed by atoms with E-state index in [1.165, 1.54) is 15.3 Å². The van der Waals surface area contributed by atoms with Crippen LogP contribution in [0.25, 0.3) is 11.0 Å². The van der Waals surface area contributed by atoms with Crippen LogP contribution in [-0.4, -0.2) is 88.3 Å². The maximum absolute atomic E-state index is 13.5. The summed E-state index contributed by atoms with van der Waals surface area (Å²) in [6.07, 6.45) is -0.454. The van der Waals surface area contributed by atoms with Crippen LogP contribution in [0.1, 0.15) is 49.4 Å². The van der Waals surface area contributed by atoms with Crippen LogP contribution in [0.15, 0.2) is 28.1 Å². The van der Waals surface area contributed by atoms with E-state index in [0.717, 1.165) is 22.3 Å². The third-order valence-corrected chi connectivity index (χ3v) is 8.03. The molecule has 0 fully saturated rings. The highest BCUT2D eigenvalue weighted by molar-refractivity contribution is 7.10. The third-order valence-electron chi connectivity index (χ3n) is 7.08. The van der Waals surface area contributed by atoms with Crippen LogP contribution in [0, 0.1) is 13.8 Å². The lowest BCUT2D eigenvalue weighted by atomic mass is 10.1. The Morgan fingerprint density at radius 3 is 2.54 bits per heavy atom. The molecule has 41 heavy (non-hydrogen) atoms. The number of carbonyl (C=O) groups is 3. The molecular weight excluding hydrogens is 544 g/mol. The Balaban J connectivity index is 1.45. The number of nitrogens with zero attached hydrogens (tertiary/aromatic N) is 5. The summed E-state index contributed by atoms with van der Waals surface area (Å²) in [5.41, 5.74) is 3.73. The normalized spacial score (nSPS) is 13.2. The van der Waals surface area contributed by atoms with Gasteiger partial charge in [-0.05, 0) is 76.2 Å². The molecule has 1 aromatic carbocycles. The molecule has 0 unspecified atom stereocenters. The number of rotatable bonds is 10. The molecule has 0 saturated heterocycles. The molecule has 4 rings (SSSR count). The second-order valence-corrected chi connectivity index (χ2v) is 12.3. The smallest absolute Gasteiger partial charge is 0.410 e. The number of aryl methyl sites for hydroxylation is 2. The number of benzene rings is 1. The largest absolute Gasteiger partial charge is 0.444 e. The lowest BCUT2D eigenvalue weighted by molar-refractivity contribution is -0.151. The van der Waals surface area contributed by atoms with Crippen molar-refractivity contribution in [1.82, 2.24) is 25.0 Å². The second-order valence-electron chi connectivity index (χ2n) is 11.3. The van der Waals surface area contributed by atoms with E-state index in [1.807, 2.05) is 58.7 Å². The van der Waals surface area contributed by atoms with Gasteiger partial charge in [0.15, 0.2) is 5.58 Å². The van der Waals surface area contributed by atoms with Gasteiger partial charge in [0.25, 0.3) is 5.91 Å². The van der Waals surface area contributed by atoms with E-state index in [1.54, 1.807) is 28.3 Å². The van der Waals surface area contributed by atoms with Gasteiger partial charge in [-0.15, -0.1) is 11.3 Å². The number of thiophene rings is 1. The molecule has 0 saturated carbocycles. The average Bonchev–Trinajstić information content (AvgIpc) is 3.60. The Morgan fingerprint density at radius 1 is 1.12 bits per heavy atom. The molecule has 3 amide bonds. The molecule has 0 atom stereocenters. The number of aromatic nitrogens is 1. The molecule has 3 aromatic rings. The number of hydrazine groups is 1. The fraction of sp³-hybridized carbons (Fsp3) is 0.517. The third kappa shape index (κ3) is 7.36. The van der Waals surface area contributed by atoms with Crippen LogP contribution in [0.3, 0.4) is 0 Å². The van der Waals surface area contributed by atoms with Gasteiger partial charge in [0.2, 0.25) is 5.91 Å². The van der Waals surface area contributed by atoms with E-state index in [9.17, 15) is 14.4 Å². The minimum absolute atomic E-state index is 0.0206. The lowest BCUT2D eigenvalue weighted by Gasteiger charge is -2.32. The quantitative estimate of drug-likeness (QED) is 0.374. The summed E-state index contributed by atoms with van der Waals surface area (Å²) in [7, 11) is 1.73. The molecule has 1 aliphatic rings. The standard InChI is InChI=1S/C29H40N6O5S/c1-8-33(28(38)39-29(4,5)6)10-11-34(18-27(37)32(7)35-16-21-9-12-41-25(21)17-35)26(36)15-30-23-14-22-20(3)31-40-24(22)13-19(23)2/h9,12-14,30H,8,10-11,15-18H2,1-7H3.